The molecule has 0 aliphatic rings. The van der Waals surface area contributed by atoms with Gasteiger partial charge in [-0.2, -0.15) is 0 Å². The van der Waals surface area contributed by atoms with Gasteiger partial charge in [0.15, 0.2) is 9.84 Å². The first-order chi connectivity index (χ1) is 8.80. The minimum atomic E-state index is -3.13. The van der Waals surface area contributed by atoms with Gasteiger partial charge in [-0.25, -0.2) is 8.42 Å². The van der Waals surface area contributed by atoms with Crippen molar-refractivity contribution in [3.63, 3.8) is 0 Å². The summed E-state index contributed by atoms with van der Waals surface area (Å²) in [5.41, 5.74) is 5.58. The van der Waals surface area contributed by atoms with Gasteiger partial charge in [0.05, 0.1) is 11.5 Å². The van der Waals surface area contributed by atoms with E-state index in [0.717, 1.165) is 19.3 Å². The standard InChI is InChI=1S/C13H28N2O3S/c1-4-5-6-12(9-14)15-13(16)7-8-19(17,18)10-11(2)3/h11-12H,4-10,14H2,1-3H3,(H,15,16). The number of rotatable bonds is 10. The number of hydrogen-bond acceptors (Lipinski definition) is 4. The molecule has 1 unspecified atom stereocenters. The first-order valence-electron chi connectivity index (χ1n) is 7.00. The van der Waals surface area contributed by atoms with Crippen molar-refractivity contribution in [2.75, 3.05) is 18.1 Å². The van der Waals surface area contributed by atoms with Crippen LogP contribution in [0.3, 0.4) is 0 Å². The van der Waals surface area contributed by atoms with E-state index >= 15 is 0 Å². The summed E-state index contributed by atoms with van der Waals surface area (Å²) in [4.78, 5) is 11.7. The predicted octanol–water partition coefficient (Wildman–Crippen LogP) is 1.08. The Morgan fingerprint density at radius 1 is 1.32 bits per heavy atom. The van der Waals surface area contributed by atoms with Crippen LogP contribution in [0, 0.1) is 5.92 Å². The number of hydrogen-bond donors (Lipinski definition) is 2. The minimum Gasteiger partial charge on any atom is -0.352 e. The molecule has 6 heteroatoms. The molecule has 0 saturated carbocycles. The molecule has 0 aliphatic carbocycles. The maximum atomic E-state index is 11.7. The number of unbranched alkanes of at least 4 members (excludes halogenated alkanes) is 1. The fourth-order valence-corrected chi connectivity index (χ4v) is 3.52. The van der Waals surface area contributed by atoms with Crippen LogP contribution in [-0.2, 0) is 14.6 Å². The Kier molecular flexibility index (Phi) is 9.01. The third-order valence-electron chi connectivity index (χ3n) is 2.78. The molecule has 19 heavy (non-hydrogen) atoms. The highest BCUT2D eigenvalue weighted by atomic mass is 32.2. The number of carbonyl (C=O) groups is 1. The van der Waals surface area contributed by atoms with Crippen molar-refractivity contribution in [3.8, 4) is 0 Å². The fraction of sp³-hybridized carbons (Fsp3) is 0.923. The summed E-state index contributed by atoms with van der Waals surface area (Å²) in [7, 11) is -3.13. The zero-order valence-corrected chi connectivity index (χ0v) is 13.1. The molecule has 1 amide bonds. The van der Waals surface area contributed by atoms with Crippen molar-refractivity contribution in [2.45, 2.75) is 52.5 Å². The van der Waals surface area contributed by atoms with E-state index in [1.54, 1.807) is 0 Å². The predicted molar refractivity (Wildman–Crippen MR) is 78.6 cm³/mol. The third kappa shape index (κ3) is 9.90. The number of nitrogens with two attached hydrogens (primary N) is 1. The maximum Gasteiger partial charge on any atom is 0.221 e. The van der Waals surface area contributed by atoms with Crippen LogP contribution >= 0.6 is 0 Å². The Morgan fingerprint density at radius 2 is 1.95 bits per heavy atom. The van der Waals surface area contributed by atoms with E-state index < -0.39 is 9.84 Å². The summed E-state index contributed by atoms with van der Waals surface area (Å²) in [6.07, 6.45) is 2.93. The topological polar surface area (TPSA) is 89.3 Å². The first kappa shape index (κ1) is 18.4. The quantitative estimate of drug-likeness (QED) is 0.630. The number of amides is 1. The molecule has 0 bridgehead atoms. The Balaban J connectivity index is 4.10. The molecule has 0 rings (SSSR count). The molecule has 0 radical (unpaired) electrons. The van der Waals surface area contributed by atoms with Crippen LogP contribution < -0.4 is 11.1 Å². The van der Waals surface area contributed by atoms with Crippen molar-refractivity contribution in [3.05, 3.63) is 0 Å². The highest BCUT2D eigenvalue weighted by molar-refractivity contribution is 7.91. The summed E-state index contributed by atoms with van der Waals surface area (Å²) >= 11 is 0. The number of carbonyl (C=O) groups excluding carboxylic acids is 1. The molecule has 0 fully saturated rings. The van der Waals surface area contributed by atoms with Gasteiger partial charge >= 0.3 is 0 Å². The zero-order chi connectivity index (χ0) is 14.9. The average molecular weight is 292 g/mol. The van der Waals surface area contributed by atoms with Crippen LogP contribution in [0.2, 0.25) is 0 Å². The second-order valence-electron chi connectivity index (χ2n) is 5.40. The van der Waals surface area contributed by atoms with Crippen LogP contribution in [0.15, 0.2) is 0 Å². The second kappa shape index (κ2) is 9.31. The molecule has 0 aliphatic heterocycles. The molecule has 0 saturated heterocycles. The Morgan fingerprint density at radius 3 is 2.42 bits per heavy atom. The summed E-state index contributed by atoms with van der Waals surface area (Å²) in [5.74, 6) is -0.0771. The van der Waals surface area contributed by atoms with Crippen LogP contribution in [-0.4, -0.2) is 38.4 Å². The van der Waals surface area contributed by atoms with Crippen LogP contribution in [0.25, 0.3) is 0 Å². The molecule has 5 nitrogen and oxygen atoms in total. The molecular weight excluding hydrogens is 264 g/mol. The molecule has 3 N–H and O–H groups in total. The van der Waals surface area contributed by atoms with E-state index in [0.29, 0.717) is 6.54 Å². The highest BCUT2D eigenvalue weighted by Crippen LogP contribution is 2.03. The zero-order valence-electron chi connectivity index (χ0n) is 12.3. The van der Waals surface area contributed by atoms with Crippen molar-refractivity contribution in [1.82, 2.24) is 5.32 Å². The minimum absolute atomic E-state index is 0.0255. The van der Waals surface area contributed by atoms with E-state index in [1.807, 2.05) is 13.8 Å². The van der Waals surface area contributed by atoms with Crippen molar-refractivity contribution in [1.29, 1.82) is 0 Å². The van der Waals surface area contributed by atoms with Gasteiger partial charge in [0.25, 0.3) is 0 Å². The smallest absolute Gasteiger partial charge is 0.221 e. The molecule has 0 aromatic heterocycles. The summed E-state index contributed by atoms with van der Waals surface area (Å²) < 4.78 is 23.3. The highest BCUT2D eigenvalue weighted by Gasteiger charge is 2.16. The van der Waals surface area contributed by atoms with E-state index in [4.69, 9.17) is 5.73 Å². The summed E-state index contributed by atoms with van der Waals surface area (Å²) in [6.45, 7) is 6.18. The molecule has 114 valence electrons. The second-order valence-corrected chi connectivity index (χ2v) is 7.63. The molecule has 1 atom stereocenters. The monoisotopic (exact) mass is 292 g/mol. The van der Waals surface area contributed by atoms with Crippen molar-refractivity contribution in [2.24, 2.45) is 11.7 Å². The molecule has 0 spiro atoms. The first-order valence-corrected chi connectivity index (χ1v) is 8.82. The van der Waals surface area contributed by atoms with Crippen LogP contribution in [0.4, 0.5) is 0 Å². The van der Waals surface area contributed by atoms with E-state index in [-0.39, 0.29) is 35.8 Å². The molecule has 0 heterocycles. The van der Waals surface area contributed by atoms with E-state index in [1.165, 1.54) is 0 Å². The van der Waals surface area contributed by atoms with Gasteiger partial charge in [-0.3, -0.25) is 4.79 Å². The molecular formula is C13H28N2O3S. The van der Waals surface area contributed by atoms with E-state index in [9.17, 15) is 13.2 Å². The lowest BCUT2D eigenvalue weighted by Crippen LogP contribution is -2.40. The lowest BCUT2D eigenvalue weighted by atomic mass is 10.1. The van der Waals surface area contributed by atoms with Gasteiger partial charge in [-0.1, -0.05) is 33.6 Å². The maximum absolute atomic E-state index is 11.7. The number of nitrogens with one attached hydrogen (secondary N) is 1. The van der Waals surface area contributed by atoms with Crippen LogP contribution in [0.1, 0.15) is 46.5 Å². The van der Waals surface area contributed by atoms with Gasteiger partial charge in [-0.05, 0) is 12.3 Å². The fourth-order valence-electron chi connectivity index (χ4n) is 1.84. The average Bonchev–Trinajstić information content (AvgIpc) is 2.30. The van der Waals surface area contributed by atoms with Crippen molar-refractivity contribution < 1.29 is 13.2 Å². The SMILES string of the molecule is CCCCC(CN)NC(=O)CCS(=O)(=O)CC(C)C. The largest absolute Gasteiger partial charge is 0.352 e. The molecule has 0 aromatic rings. The van der Waals surface area contributed by atoms with Gasteiger partial charge in [0, 0.05) is 19.0 Å². The molecule has 0 aromatic carbocycles. The Bertz CT molecular complexity index is 353. The lowest BCUT2D eigenvalue weighted by Gasteiger charge is -2.16. The third-order valence-corrected chi connectivity index (χ3v) is 4.78. The van der Waals surface area contributed by atoms with Gasteiger partial charge in [0.1, 0.15) is 0 Å². The van der Waals surface area contributed by atoms with E-state index in [2.05, 4.69) is 12.2 Å². The Labute approximate surface area is 117 Å². The Hall–Kier alpha value is -0.620. The van der Waals surface area contributed by atoms with Gasteiger partial charge in [-0.15, -0.1) is 0 Å². The van der Waals surface area contributed by atoms with Gasteiger partial charge in [0.2, 0.25) is 5.91 Å². The summed E-state index contributed by atoms with van der Waals surface area (Å²) in [6, 6.07) is -0.0414. The number of sulfone groups is 1. The summed E-state index contributed by atoms with van der Waals surface area (Å²) in [5, 5.41) is 2.80. The van der Waals surface area contributed by atoms with Gasteiger partial charge < -0.3 is 11.1 Å². The lowest BCUT2D eigenvalue weighted by molar-refractivity contribution is -0.121. The van der Waals surface area contributed by atoms with Crippen LogP contribution in [0.5, 0.6) is 0 Å². The normalized spacial score (nSPS) is 13.5. The van der Waals surface area contributed by atoms with Crippen molar-refractivity contribution >= 4 is 15.7 Å².